The van der Waals surface area contributed by atoms with Crippen molar-refractivity contribution in [2.24, 2.45) is 0 Å². The van der Waals surface area contributed by atoms with Crippen molar-refractivity contribution >= 4 is 28.6 Å². The Balaban J connectivity index is 2.25. The first-order valence-corrected chi connectivity index (χ1v) is 7.13. The highest BCUT2D eigenvalue weighted by atomic mass is 32.1. The first-order valence-electron chi connectivity index (χ1n) is 6.25. The Morgan fingerprint density at radius 2 is 2.14 bits per heavy atom. The highest BCUT2D eigenvalue weighted by molar-refractivity contribution is 7.09. The van der Waals surface area contributed by atoms with Crippen molar-refractivity contribution in [2.45, 2.75) is 6.54 Å². The van der Waals surface area contributed by atoms with E-state index in [1.807, 2.05) is 17.5 Å². The molecule has 0 saturated carbocycles. The molecule has 1 heterocycles. The van der Waals surface area contributed by atoms with Crippen LogP contribution in [0.1, 0.15) is 15.2 Å². The van der Waals surface area contributed by atoms with Crippen LogP contribution in [-0.4, -0.2) is 29.8 Å². The Morgan fingerprint density at radius 3 is 2.71 bits per heavy atom. The van der Waals surface area contributed by atoms with Crippen molar-refractivity contribution in [3.05, 3.63) is 56.3 Å². The Kier molecular flexibility index (Phi) is 4.54. The number of nitro groups is 1. The van der Waals surface area contributed by atoms with E-state index in [1.54, 1.807) is 37.6 Å². The van der Waals surface area contributed by atoms with Gasteiger partial charge in [0.15, 0.2) is 0 Å². The predicted octanol–water partition coefficient (Wildman–Crippen LogP) is 2.97. The molecule has 0 bridgehead atoms. The van der Waals surface area contributed by atoms with Crippen molar-refractivity contribution in [3.8, 4) is 0 Å². The molecule has 1 N–H and O–H groups in total. The highest BCUT2D eigenvalue weighted by Crippen LogP contribution is 2.27. The Hall–Kier alpha value is -2.41. The molecule has 2 rings (SSSR count). The minimum absolute atomic E-state index is 0.0979. The SMILES string of the molecule is CN(C)C(=O)c1ccc(NCc2cccs2)c([N+](=O)[O-])c1. The summed E-state index contributed by atoms with van der Waals surface area (Å²) in [6.45, 7) is 0.513. The molecule has 21 heavy (non-hydrogen) atoms. The number of nitrogens with one attached hydrogen (secondary N) is 1. The van der Waals surface area contributed by atoms with Gasteiger partial charge in [-0.2, -0.15) is 0 Å². The number of nitrogens with zero attached hydrogens (tertiary/aromatic N) is 2. The maximum atomic E-state index is 11.9. The van der Waals surface area contributed by atoms with Crippen molar-refractivity contribution < 1.29 is 9.72 Å². The number of benzene rings is 1. The maximum Gasteiger partial charge on any atom is 0.293 e. The van der Waals surface area contributed by atoms with Gasteiger partial charge >= 0.3 is 0 Å². The normalized spacial score (nSPS) is 10.2. The van der Waals surface area contributed by atoms with Gasteiger partial charge in [-0.15, -0.1) is 11.3 Å². The van der Waals surface area contributed by atoms with E-state index in [2.05, 4.69) is 5.32 Å². The van der Waals surface area contributed by atoms with E-state index in [1.165, 1.54) is 11.0 Å². The standard InChI is InChI=1S/C14H15N3O3S/c1-16(2)14(18)10-5-6-12(13(8-10)17(19)20)15-9-11-4-3-7-21-11/h3-8,15H,9H2,1-2H3. The summed E-state index contributed by atoms with van der Waals surface area (Å²) in [5.41, 5.74) is 0.608. The molecule has 0 saturated heterocycles. The number of carbonyl (C=O) groups is 1. The smallest absolute Gasteiger partial charge is 0.293 e. The molecule has 0 fully saturated rings. The summed E-state index contributed by atoms with van der Waals surface area (Å²) in [5.74, 6) is -0.261. The number of thiophene rings is 1. The van der Waals surface area contributed by atoms with Crippen LogP contribution >= 0.6 is 11.3 Å². The van der Waals surface area contributed by atoms with E-state index in [0.717, 1.165) is 4.88 Å². The number of hydrogen-bond donors (Lipinski definition) is 1. The molecular weight excluding hydrogens is 290 g/mol. The fourth-order valence-corrected chi connectivity index (χ4v) is 2.46. The lowest BCUT2D eigenvalue weighted by Crippen LogP contribution is -2.21. The Bertz CT molecular complexity index is 653. The van der Waals surface area contributed by atoms with Crippen LogP contribution in [0.25, 0.3) is 0 Å². The Labute approximate surface area is 126 Å². The van der Waals surface area contributed by atoms with E-state index >= 15 is 0 Å². The topological polar surface area (TPSA) is 75.5 Å². The fraction of sp³-hybridized carbons (Fsp3) is 0.214. The summed E-state index contributed by atoms with van der Waals surface area (Å²) in [6, 6.07) is 8.34. The van der Waals surface area contributed by atoms with Gasteiger partial charge in [-0.1, -0.05) is 6.07 Å². The average Bonchev–Trinajstić information content (AvgIpc) is 2.97. The number of anilines is 1. The van der Waals surface area contributed by atoms with Crippen LogP contribution in [0.4, 0.5) is 11.4 Å². The van der Waals surface area contributed by atoms with Gasteiger partial charge in [-0.25, -0.2) is 0 Å². The molecule has 0 radical (unpaired) electrons. The third-order valence-electron chi connectivity index (χ3n) is 2.88. The molecule has 6 nitrogen and oxygen atoms in total. The van der Waals surface area contributed by atoms with Gasteiger partial charge in [0, 0.05) is 37.1 Å². The summed E-state index contributed by atoms with van der Waals surface area (Å²) in [5, 5.41) is 16.2. The molecule has 0 aliphatic carbocycles. The molecule has 7 heteroatoms. The van der Waals surface area contributed by atoms with Crippen molar-refractivity contribution in [1.29, 1.82) is 0 Å². The van der Waals surface area contributed by atoms with Gasteiger partial charge in [-0.3, -0.25) is 14.9 Å². The van der Waals surface area contributed by atoms with Gasteiger partial charge in [0.25, 0.3) is 11.6 Å². The second-order valence-corrected chi connectivity index (χ2v) is 5.65. The van der Waals surface area contributed by atoms with Crippen molar-refractivity contribution in [3.63, 3.8) is 0 Å². The molecule has 0 unspecified atom stereocenters. The summed E-state index contributed by atoms with van der Waals surface area (Å²) in [7, 11) is 3.22. The number of carbonyl (C=O) groups excluding carboxylic acids is 1. The quantitative estimate of drug-likeness (QED) is 0.680. The summed E-state index contributed by atoms with van der Waals surface area (Å²) < 4.78 is 0. The monoisotopic (exact) mass is 305 g/mol. The van der Waals surface area contributed by atoms with Crippen LogP contribution in [0.15, 0.2) is 35.7 Å². The summed E-state index contributed by atoms with van der Waals surface area (Å²) >= 11 is 1.58. The minimum Gasteiger partial charge on any atom is -0.375 e. The lowest BCUT2D eigenvalue weighted by atomic mass is 10.1. The molecule has 1 amide bonds. The average molecular weight is 305 g/mol. The molecule has 0 aliphatic rings. The zero-order chi connectivity index (χ0) is 15.4. The van der Waals surface area contributed by atoms with Crippen LogP contribution in [0.2, 0.25) is 0 Å². The van der Waals surface area contributed by atoms with Crippen LogP contribution < -0.4 is 5.32 Å². The number of nitro benzene ring substituents is 1. The third kappa shape index (κ3) is 3.57. The van der Waals surface area contributed by atoms with Crippen LogP contribution in [0.5, 0.6) is 0 Å². The lowest BCUT2D eigenvalue weighted by molar-refractivity contribution is -0.384. The van der Waals surface area contributed by atoms with E-state index in [-0.39, 0.29) is 11.6 Å². The summed E-state index contributed by atoms with van der Waals surface area (Å²) in [4.78, 5) is 25.0. The number of rotatable bonds is 5. The van der Waals surface area contributed by atoms with Gasteiger partial charge in [0.2, 0.25) is 0 Å². The van der Waals surface area contributed by atoms with Crippen LogP contribution in [-0.2, 0) is 6.54 Å². The number of hydrogen-bond acceptors (Lipinski definition) is 5. The van der Waals surface area contributed by atoms with Crippen molar-refractivity contribution in [2.75, 3.05) is 19.4 Å². The molecule has 2 aromatic rings. The predicted molar refractivity (Wildman–Crippen MR) is 82.8 cm³/mol. The molecule has 1 aromatic heterocycles. The molecule has 0 aliphatic heterocycles. The maximum absolute atomic E-state index is 11.9. The van der Waals surface area contributed by atoms with Gasteiger partial charge < -0.3 is 10.2 Å². The van der Waals surface area contributed by atoms with Crippen LogP contribution in [0, 0.1) is 10.1 Å². The van der Waals surface area contributed by atoms with Crippen molar-refractivity contribution in [1.82, 2.24) is 4.90 Å². The van der Waals surface area contributed by atoms with Gasteiger partial charge in [0.1, 0.15) is 5.69 Å². The fourth-order valence-electron chi connectivity index (χ4n) is 1.82. The van der Waals surface area contributed by atoms with E-state index in [0.29, 0.717) is 17.8 Å². The largest absolute Gasteiger partial charge is 0.375 e. The Morgan fingerprint density at radius 1 is 1.38 bits per heavy atom. The summed E-state index contributed by atoms with van der Waals surface area (Å²) in [6.07, 6.45) is 0. The molecule has 0 atom stereocenters. The van der Waals surface area contributed by atoms with Gasteiger partial charge in [0.05, 0.1) is 4.92 Å². The van der Waals surface area contributed by atoms with Gasteiger partial charge in [-0.05, 0) is 23.6 Å². The first kappa shape index (κ1) is 15.0. The highest BCUT2D eigenvalue weighted by Gasteiger charge is 2.18. The second kappa shape index (κ2) is 6.36. The zero-order valence-corrected chi connectivity index (χ0v) is 12.5. The molecular formula is C14H15N3O3S. The lowest BCUT2D eigenvalue weighted by Gasteiger charge is -2.11. The number of amides is 1. The van der Waals surface area contributed by atoms with E-state index in [4.69, 9.17) is 0 Å². The molecule has 110 valence electrons. The molecule has 0 spiro atoms. The zero-order valence-electron chi connectivity index (χ0n) is 11.7. The molecule has 1 aromatic carbocycles. The van der Waals surface area contributed by atoms with E-state index in [9.17, 15) is 14.9 Å². The van der Waals surface area contributed by atoms with Crippen LogP contribution in [0.3, 0.4) is 0 Å². The van der Waals surface area contributed by atoms with E-state index < -0.39 is 4.92 Å². The first-order chi connectivity index (χ1) is 9.99. The third-order valence-corrected chi connectivity index (χ3v) is 3.76. The second-order valence-electron chi connectivity index (χ2n) is 4.62. The minimum atomic E-state index is -0.483.